The molecule has 0 rings (SSSR count). The molecule has 6 heteroatoms. The van der Waals surface area contributed by atoms with Crippen molar-refractivity contribution < 1.29 is 28.6 Å². The summed E-state index contributed by atoms with van der Waals surface area (Å²) in [5.41, 5.74) is 0. The quantitative estimate of drug-likeness (QED) is 0.0262. The maximum Gasteiger partial charge on any atom is 0.306 e. The summed E-state index contributed by atoms with van der Waals surface area (Å²) in [6.45, 7) is 6.40. The Kier molecular flexibility index (Phi) is 53.8. The number of allylic oxidation sites excluding steroid dienone is 12. The monoisotopic (exact) mass is 949 g/mol. The number of carbonyl (C=O) groups excluding carboxylic acids is 3. The summed E-state index contributed by atoms with van der Waals surface area (Å²) in [7, 11) is 0. The van der Waals surface area contributed by atoms with Crippen molar-refractivity contribution in [1.82, 2.24) is 0 Å². The number of carbonyl (C=O) groups is 3. The van der Waals surface area contributed by atoms with E-state index < -0.39 is 12.1 Å². The van der Waals surface area contributed by atoms with Crippen LogP contribution in [0.3, 0.4) is 0 Å². The largest absolute Gasteiger partial charge is 0.462 e. The van der Waals surface area contributed by atoms with Gasteiger partial charge < -0.3 is 14.2 Å². The van der Waals surface area contributed by atoms with Crippen molar-refractivity contribution in [1.29, 1.82) is 0 Å². The van der Waals surface area contributed by atoms with E-state index in [-0.39, 0.29) is 31.6 Å². The third kappa shape index (κ3) is 53.8. The Balaban J connectivity index is 4.12. The van der Waals surface area contributed by atoms with Gasteiger partial charge in [0.2, 0.25) is 0 Å². The number of unbranched alkanes of at least 4 members (excludes halogenated alkanes) is 29. The fourth-order valence-electron chi connectivity index (χ4n) is 8.18. The summed E-state index contributed by atoms with van der Waals surface area (Å²) in [5.74, 6) is -0.996. The molecule has 0 aliphatic rings. The molecule has 1 unspecified atom stereocenters. The molecule has 0 spiro atoms. The third-order valence-corrected chi connectivity index (χ3v) is 12.5. The smallest absolute Gasteiger partial charge is 0.306 e. The first-order valence-electron chi connectivity index (χ1n) is 28.9. The van der Waals surface area contributed by atoms with Crippen LogP contribution < -0.4 is 0 Å². The van der Waals surface area contributed by atoms with E-state index in [4.69, 9.17) is 14.2 Å². The van der Waals surface area contributed by atoms with Crippen LogP contribution in [0.25, 0.3) is 0 Å². The predicted molar refractivity (Wildman–Crippen MR) is 293 cm³/mol. The van der Waals surface area contributed by atoms with E-state index in [1.54, 1.807) is 0 Å². The number of hydrogen-bond acceptors (Lipinski definition) is 6. The highest BCUT2D eigenvalue weighted by atomic mass is 16.6. The maximum atomic E-state index is 12.7. The molecule has 0 aliphatic heterocycles. The predicted octanol–water partition coefficient (Wildman–Crippen LogP) is 19.4. The first kappa shape index (κ1) is 64.8. The first-order chi connectivity index (χ1) is 33.5. The van der Waals surface area contributed by atoms with Crippen LogP contribution in [0.4, 0.5) is 0 Å². The molecule has 0 amide bonds. The van der Waals surface area contributed by atoms with Crippen LogP contribution in [0.2, 0.25) is 0 Å². The van der Waals surface area contributed by atoms with Gasteiger partial charge in [-0.2, -0.15) is 0 Å². The van der Waals surface area contributed by atoms with Gasteiger partial charge in [-0.3, -0.25) is 14.4 Å². The van der Waals surface area contributed by atoms with Crippen molar-refractivity contribution in [2.75, 3.05) is 13.2 Å². The average molecular weight is 950 g/mol. The van der Waals surface area contributed by atoms with Gasteiger partial charge in [-0.1, -0.05) is 280 Å². The fraction of sp³-hybridized carbons (Fsp3) is 0.758. The number of hydrogen-bond donors (Lipinski definition) is 0. The fourth-order valence-corrected chi connectivity index (χ4v) is 8.18. The molecule has 0 radical (unpaired) electrons. The Morgan fingerprint density at radius 2 is 0.574 bits per heavy atom. The summed E-state index contributed by atoms with van der Waals surface area (Å²) in [5, 5.41) is 0. The van der Waals surface area contributed by atoms with Gasteiger partial charge in [-0.15, -0.1) is 0 Å². The van der Waals surface area contributed by atoms with Crippen LogP contribution in [0, 0.1) is 0 Å². The van der Waals surface area contributed by atoms with Gasteiger partial charge in [-0.25, -0.2) is 0 Å². The first-order valence-corrected chi connectivity index (χ1v) is 28.9. The Hall–Kier alpha value is -3.15. The zero-order valence-corrected chi connectivity index (χ0v) is 44.9. The van der Waals surface area contributed by atoms with Gasteiger partial charge in [0.25, 0.3) is 0 Å². The second-order valence-corrected chi connectivity index (χ2v) is 19.2. The molecule has 0 aromatic heterocycles. The minimum atomic E-state index is -0.810. The van der Waals surface area contributed by atoms with E-state index in [0.717, 1.165) is 89.9 Å². The van der Waals surface area contributed by atoms with Crippen LogP contribution in [-0.4, -0.2) is 37.2 Å². The molecule has 0 bridgehead atoms. The minimum Gasteiger partial charge on any atom is -0.462 e. The Morgan fingerprint density at radius 1 is 0.309 bits per heavy atom. The van der Waals surface area contributed by atoms with Gasteiger partial charge in [0.15, 0.2) is 6.10 Å². The van der Waals surface area contributed by atoms with E-state index in [9.17, 15) is 14.4 Å². The molecule has 0 aromatic carbocycles. The van der Waals surface area contributed by atoms with Crippen molar-refractivity contribution in [2.24, 2.45) is 0 Å². The van der Waals surface area contributed by atoms with Crippen LogP contribution in [0.5, 0.6) is 0 Å². The van der Waals surface area contributed by atoms with Crippen molar-refractivity contribution >= 4 is 17.9 Å². The van der Waals surface area contributed by atoms with Crippen molar-refractivity contribution in [3.63, 3.8) is 0 Å². The topological polar surface area (TPSA) is 78.9 Å². The summed E-state index contributed by atoms with van der Waals surface area (Å²) < 4.78 is 16.6. The molecule has 0 N–H and O–H groups in total. The highest BCUT2D eigenvalue weighted by molar-refractivity contribution is 5.71. The SMILES string of the molecule is CC/C=C\C/C=C\C/C=C\C/C=C\C/C=C\C/C=C\CCC(=O)OC(COC(=O)CCCCCCC)COC(=O)CCCCCCCCCCCCCCCCCCCCCCCCCCCC. The summed E-state index contributed by atoms with van der Waals surface area (Å²) in [6.07, 6.45) is 72.6. The molecular weight excluding hydrogens is 841 g/mol. The zero-order chi connectivity index (χ0) is 49.3. The lowest BCUT2D eigenvalue weighted by molar-refractivity contribution is -0.166. The van der Waals surface area contributed by atoms with Crippen molar-refractivity contribution in [3.8, 4) is 0 Å². The summed E-state index contributed by atoms with van der Waals surface area (Å²) >= 11 is 0. The van der Waals surface area contributed by atoms with Gasteiger partial charge in [0, 0.05) is 19.3 Å². The average Bonchev–Trinajstić information content (AvgIpc) is 3.34. The lowest BCUT2D eigenvalue weighted by atomic mass is 10.0. The normalized spacial score (nSPS) is 12.6. The molecule has 0 saturated carbocycles. The van der Waals surface area contributed by atoms with Gasteiger partial charge in [0.05, 0.1) is 0 Å². The molecule has 392 valence electrons. The van der Waals surface area contributed by atoms with Gasteiger partial charge in [-0.05, 0) is 57.8 Å². The van der Waals surface area contributed by atoms with Crippen LogP contribution >= 0.6 is 0 Å². The van der Waals surface area contributed by atoms with E-state index in [1.807, 2.05) is 12.2 Å². The van der Waals surface area contributed by atoms with Crippen LogP contribution in [0.1, 0.15) is 284 Å². The second kappa shape index (κ2) is 56.4. The zero-order valence-electron chi connectivity index (χ0n) is 44.9. The molecule has 68 heavy (non-hydrogen) atoms. The van der Waals surface area contributed by atoms with E-state index in [0.29, 0.717) is 19.3 Å². The van der Waals surface area contributed by atoms with E-state index in [1.165, 1.54) is 148 Å². The molecule has 1 atom stereocenters. The lowest BCUT2D eigenvalue weighted by Gasteiger charge is -2.18. The van der Waals surface area contributed by atoms with E-state index in [2.05, 4.69) is 81.5 Å². The maximum absolute atomic E-state index is 12.7. The van der Waals surface area contributed by atoms with Crippen LogP contribution in [0.15, 0.2) is 72.9 Å². The van der Waals surface area contributed by atoms with Crippen molar-refractivity contribution in [2.45, 2.75) is 290 Å². The highest BCUT2D eigenvalue weighted by Gasteiger charge is 2.19. The third-order valence-electron chi connectivity index (χ3n) is 12.5. The number of esters is 3. The molecular formula is C62H108O6. The standard InChI is InChI=1S/C62H108O6/c1-4-7-10-13-15-17-19-21-23-25-27-28-29-30-31-32-33-35-36-38-40-42-44-46-49-52-55-61(64)67-58-59(57-66-60(63)54-51-48-12-9-6-3)68-62(65)56-53-50-47-45-43-41-39-37-34-26-24-22-20-18-16-14-11-8-5-2/h8,11,16,18,22,24,34,37,41,43,47,50,59H,4-7,9-10,12-15,17,19-21,23,25-33,35-36,38-40,42,44-46,48-49,51-58H2,1-3H3/b11-8-,18-16-,24-22-,37-34-,43-41-,50-47-. The van der Waals surface area contributed by atoms with Crippen molar-refractivity contribution in [3.05, 3.63) is 72.9 Å². The Labute approximate surface area is 421 Å². The molecule has 0 aliphatic carbocycles. The minimum absolute atomic E-state index is 0.103. The molecule has 6 nitrogen and oxygen atoms in total. The summed E-state index contributed by atoms with van der Waals surface area (Å²) in [6, 6.07) is 0. The second-order valence-electron chi connectivity index (χ2n) is 19.2. The number of rotatable bonds is 52. The Bertz CT molecular complexity index is 1270. The highest BCUT2D eigenvalue weighted by Crippen LogP contribution is 2.17. The van der Waals surface area contributed by atoms with Crippen LogP contribution in [-0.2, 0) is 28.6 Å². The van der Waals surface area contributed by atoms with E-state index >= 15 is 0 Å². The lowest BCUT2D eigenvalue weighted by Crippen LogP contribution is -2.30. The Morgan fingerprint density at radius 3 is 0.868 bits per heavy atom. The van der Waals surface area contributed by atoms with Gasteiger partial charge in [0.1, 0.15) is 13.2 Å². The number of ether oxygens (including phenoxy) is 3. The molecule has 0 saturated heterocycles. The molecule has 0 fully saturated rings. The van der Waals surface area contributed by atoms with Gasteiger partial charge >= 0.3 is 17.9 Å². The summed E-state index contributed by atoms with van der Waals surface area (Å²) in [4.78, 5) is 37.7. The molecule has 0 heterocycles. The molecule has 0 aromatic rings.